The van der Waals surface area contributed by atoms with Crippen LogP contribution < -0.4 is 10.1 Å². The molecular formula is C19H18N2O2S. The average molecular weight is 338 g/mol. The molecule has 3 rings (SSSR count). The Balaban J connectivity index is 1.83. The number of thioether (sulfide) groups is 1. The molecule has 5 heteroatoms. The molecule has 24 heavy (non-hydrogen) atoms. The topological polar surface area (TPSA) is 50.7 Å². The first kappa shape index (κ1) is 16.3. The molecule has 4 nitrogen and oxygen atoms in total. The van der Waals surface area contributed by atoms with Crippen LogP contribution in [0, 0.1) is 6.92 Å². The Bertz CT molecular complexity index is 810. The Morgan fingerprint density at radius 2 is 1.92 bits per heavy atom. The summed E-state index contributed by atoms with van der Waals surface area (Å²) in [5, 5.41) is 3.39. The molecule has 0 aliphatic carbocycles. The monoisotopic (exact) mass is 338 g/mol. The van der Waals surface area contributed by atoms with Crippen molar-refractivity contribution in [3.63, 3.8) is 0 Å². The molecule has 1 aliphatic rings. The van der Waals surface area contributed by atoms with Gasteiger partial charge < -0.3 is 10.1 Å². The number of nitrogens with zero attached hydrogens (tertiary/aromatic N) is 1. The second kappa shape index (κ2) is 7.36. The van der Waals surface area contributed by atoms with Crippen molar-refractivity contribution in [2.75, 3.05) is 6.61 Å². The lowest BCUT2D eigenvalue weighted by atomic mass is 10.2. The highest BCUT2D eigenvalue weighted by atomic mass is 32.2. The molecule has 0 spiro atoms. The van der Waals surface area contributed by atoms with Gasteiger partial charge in [-0.05, 0) is 49.9 Å². The second-order valence-electron chi connectivity index (χ2n) is 5.29. The molecule has 2 aromatic rings. The Morgan fingerprint density at radius 1 is 1.17 bits per heavy atom. The molecule has 1 N–H and O–H groups in total. The molecule has 1 saturated heterocycles. The standard InChI is InChI=1S/C19H18N2O2S/c1-3-23-16-7-5-4-6-14(16)12-17-18(22)21-19(24-17)20-15-10-8-13(2)9-11-15/h4-12H,3H2,1-2H3,(H,20,21,22)/b17-12+. The quantitative estimate of drug-likeness (QED) is 0.846. The summed E-state index contributed by atoms with van der Waals surface area (Å²) >= 11 is 1.33. The number of ether oxygens (including phenoxy) is 1. The number of nitrogens with one attached hydrogen (secondary N) is 1. The summed E-state index contributed by atoms with van der Waals surface area (Å²) in [5.41, 5.74) is 2.88. The summed E-state index contributed by atoms with van der Waals surface area (Å²) in [6.07, 6.45) is 1.84. The Morgan fingerprint density at radius 3 is 2.67 bits per heavy atom. The number of aliphatic imine (C=N–C) groups is 1. The van der Waals surface area contributed by atoms with Crippen LogP contribution in [0.5, 0.6) is 5.75 Å². The first-order valence-corrected chi connectivity index (χ1v) is 8.55. The van der Waals surface area contributed by atoms with Gasteiger partial charge in [-0.1, -0.05) is 35.9 Å². The van der Waals surface area contributed by atoms with E-state index in [9.17, 15) is 4.79 Å². The number of para-hydroxylation sites is 1. The molecule has 1 aliphatic heterocycles. The summed E-state index contributed by atoms with van der Waals surface area (Å²) in [6.45, 7) is 4.55. The Labute approximate surface area is 145 Å². The Hall–Kier alpha value is -2.53. The van der Waals surface area contributed by atoms with Crippen molar-refractivity contribution in [2.45, 2.75) is 13.8 Å². The second-order valence-corrected chi connectivity index (χ2v) is 6.32. The number of rotatable bonds is 4. The maximum Gasteiger partial charge on any atom is 0.264 e. The van der Waals surface area contributed by atoms with Crippen LogP contribution in [0.1, 0.15) is 18.1 Å². The lowest BCUT2D eigenvalue weighted by Gasteiger charge is -2.06. The zero-order valence-corrected chi connectivity index (χ0v) is 14.4. The van der Waals surface area contributed by atoms with Crippen LogP contribution in [0.3, 0.4) is 0 Å². The van der Waals surface area contributed by atoms with Gasteiger partial charge in [0.15, 0.2) is 5.17 Å². The summed E-state index contributed by atoms with van der Waals surface area (Å²) < 4.78 is 5.60. The van der Waals surface area contributed by atoms with Crippen molar-refractivity contribution in [1.82, 2.24) is 5.32 Å². The van der Waals surface area contributed by atoms with Crippen molar-refractivity contribution in [2.24, 2.45) is 4.99 Å². The highest BCUT2D eigenvalue weighted by Gasteiger charge is 2.24. The van der Waals surface area contributed by atoms with Crippen LogP contribution in [0.15, 0.2) is 58.4 Å². The number of benzene rings is 2. The van der Waals surface area contributed by atoms with E-state index in [0.717, 1.165) is 17.0 Å². The van der Waals surface area contributed by atoms with E-state index in [1.54, 1.807) is 0 Å². The first-order valence-electron chi connectivity index (χ1n) is 7.74. The Kier molecular flexibility index (Phi) is 5.01. The lowest BCUT2D eigenvalue weighted by Crippen LogP contribution is -2.19. The van der Waals surface area contributed by atoms with Gasteiger partial charge >= 0.3 is 0 Å². The maximum atomic E-state index is 12.2. The minimum atomic E-state index is -0.142. The van der Waals surface area contributed by atoms with Gasteiger partial charge in [-0.2, -0.15) is 0 Å². The van der Waals surface area contributed by atoms with E-state index < -0.39 is 0 Å². The predicted molar refractivity (Wildman–Crippen MR) is 99.6 cm³/mol. The van der Waals surface area contributed by atoms with E-state index in [0.29, 0.717) is 16.7 Å². The molecule has 0 aromatic heterocycles. The van der Waals surface area contributed by atoms with Crippen LogP contribution >= 0.6 is 11.8 Å². The summed E-state index contributed by atoms with van der Waals surface area (Å²) in [5.74, 6) is 0.627. The fraction of sp³-hybridized carbons (Fsp3) is 0.158. The highest BCUT2D eigenvalue weighted by Crippen LogP contribution is 2.30. The molecule has 0 bridgehead atoms. The van der Waals surface area contributed by atoms with Gasteiger partial charge in [0.1, 0.15) is 5.75 Å². The van der Waals surface area contributed by atoms with Crippen molar-refractivity contribution in [1.29, 1.82) is 0 Å². The van der Waals surface area contributed by atoms with E-state index in [1.807, 2.05) is 68.5 Å². The van der Waals surface area contributed by atoms with E-state index >= 15 is 0 Å². The predicted octanol–water partition coefficient (Wildman–Crippen LogP) is 4.29. The van der Waals surface area contributed by atoms with Crippen molar-refractivity contribution >= 4 is 34.6 Å². The van der Waals surface area contributed by atoms with Crippen LogP contribution in [0.25, 0.3) is 6.08 Å². The highest BCUT2D eigenvalue weighted by molar-refractivity contribution is 8.18. The number of carbonyl (C=O) groups is 1. The zero-order valence-electron chi connectivity index (χ0n) is 13.6. The maximum absolute atomic E-state index is 12.2. The number of amides is 1. The van der Waals surface area contributed by atoms with Crippen molar-refractivity contribution in [3.8, 4) is 5.75 Å². The SMILES string of the molecule is CCOc1ccccc1/C=C1/SC(=Nc2ccc(C)cc2)NC1=O. The molecule has 1 amide bonds. The van der Waals surface area contributed by atoms with Crippen LogP contribution in [-0.2, 0) is 4.79 Å². The molecule has 0 radical (unpaired) electrons. The molecular weight excluding hydrogens is 320 g/mol. The fourth-order valence-electron chi connectivity index (χ4n) is 2.25. The third-order valence-electron chi connectivity index (χ3n) is 3.42. The van der Waals surface area contributed by atoms with Gasteiger partial charge in [-0.15, -0.1) is 0 Å². The van der Waals surface area contributed by atoms with E-state index in [1.165, 1.54) is 17.3 Å². The minimum absolute atomic E-state index is 0.142. The van der Waals surface area contributed by atoms with Crippen LogP contribution in [-0.4, -0.2) is 17.7 Å². The smallest absolute Gasteiger partial charge is 0.264 e. The lowest BCUT2D eigenvalue weighted by molar-refractivity contribution is -0.115. The average Bonchev–Trinajstić information content (AvgIpc) is 2.91. The van der Waals surface area contributed by atoms with E-state index in [2.05, 4.69) is 10.3 Å². The third kappa shape index (κ3) is 3.86. The van der Waals surface area contributed by atoms with Gasteiger partial charge in [0.2, 0.25) is 0 Å². The number of amidine groups is 1. The summed E-state index contributed by atoms with van der Waals surface area (Å²) in [4.78, 5) is 17.3. The van der Waals surface area contributed by atoms with Crippen LogP contribution in [0.2, 0.25) is 0 Å². The van der Waals surface area contributed by atoms with Gasteiger partial charge in [-0.3, -0.25) is 4.79 Å². The molecule has 0 saturated carbocycles. The normalized spacial score (nSPS) is 17.3. The molecule has 1 fully saturated rings. The molecule has 2 aromatic carbocycles. The first-order chi connectivity index (χ1) is 11.7. The van der Waals surface area contributed by atoms with Gasteiger partial charge in [-0.25, -0.2) is 4.99 Å². The van der Waals surface area contributed by atoms with Crippen LogP contribution in [0.4, 0.5) is 5.69 Å². The minimum Gasteiger partial charge on any atom is -0.493 e. The van der Waals surface area contributed by atoms with E-state index in [-0.39, 0.29) is 5.91 Å². The molecule has 0 atom stereocenters. The van der Waals surface area contributed by atoms with Crippen molar-refractivity contribution in [3.05, 3.63) is 64.6 Å². The number of carbonyl (C=O) groups excluding carboxylic acids is 1. The number of hydrogen-bond donors (Lipinski definition) is 1. The fourth-order valence-corrected chi connectivity index (χ4v) is 3.08. The summed E-state index contributed by atoms with van der Waals surface area (Å²) in [6, 6.07) is 15.5. The third-order valence-corrected chi connectivity index (χ3v) is 4.33. The van der Waals surface area contributed by atoms with Gasteiger partial charge in [0, 0.05) is 5.56 Å². The summed E-state index contributed by atoms with van der Waals surface area (Å²) in [7, 11) is 0. The largest absolute Gasteiger partial charge is 0.493 e. The zero-order chi connectivity index (χ0) is 16.9. The van der Waals surface area contributed by atoms with Crippen molar-refractivity contribution < 1.29 is 9.53 Å². The molecule has 1 heterocycles. The molecule has 122 valence electrons. The number of aryl methyl sites for hydroxylation is 1. The molecule has 0 unspecified atom stereocenters. The van der Waals surface area contributed by atoms with E-state index in [4.69, 9.17) is 4.74 Å². The number of hydrogen-bond acceptors (Lipinski definition) is 4. The van der Waals surface area contributed by atoms with Gasteiger partial charge in [0.25, 0.3) is 5.91 Å². The van der Waals surface area contributed by atoms with Gasteiger partial charge in [0.05, 0.1) is 17.2 Å².